The molecule has 1 aliphatic rings. The predicted octanol–water partition coefficient (Wildman–Crippen LogP) is 4.70. The normalized spacial score (nSPS) is 26.2. The van der Waals surface area contributed by atoms with Crippen molar-refractivity contribution in [3.05, 3.63) is 10.8 Å². The fourth-order valence-corrected chi connectivity index (χ4v) is 1.49. The van der Waals surface area contributed by atoms with Crippen molar-refractivity contribution in [2.24, 2.45) is 0 Å². The highest BCUT2D eigenvalue weighted by Crippen LogP contribution is 2.61. The molecule has 0 aromatic carbocycles. The zero-order chi connectivity index (χ0) is 13.9. The van der Waals surface area contributed by atoms with Crippen LogP contribution in [-0.2, 0) is 4.74 Å². The van der Waals surface area contributed by atoms with Crippen LogP contribution in [0.4, 0.5) is 26.3 Å². The molecular weight excluding hydrogens is 344 g/mol. The highest BCUT2D eigenvalue weighted by molar-refractivity contribution is 6.66. The summed E-state index contributed by atoms with van der Waals surface area (Å²) in [5, 5.41) is -2.21. The maximum atomic E-state index is 13.0. The molecule has 0 unspecified atom stereocenters. The number of hydrogen-bond donors (Lipinski definition) is 0. The van der Waals surface area contributed by atoms with E-state index in [1.165, 1.54) is 0 Å². The molecule has 0 amide bonds. The molecule has 0 saturated carbocycles. The number of ether oxygens (including phenoxy) is 1. The lowest BCUT2D eigenvalue weighted by Crippen LogP contribution is -2.49. The Kier molecular flexibility index (Phi) is 3.50. The summed E-state index contributed by atoms with van der Waals surface area (Å²) in [6.07, 6.45) is 0. The molecule has 1 nitrogen and oxygen atoms in total. The van der Waals surface area contributed by atoms with Gasteiger partial charge in [0.05, 0.1) is 0 Å². The molecule has 0 radical (unpaired) electrons. The van der Waals surface area contributed by atoms with Gasteiger partial charge in [-0.2, -0.15) is 26.3 Å². The summed E-state index contributed by atoms with van der Waals surface area (Å²) >= 11 is 19.4. The second-order valence-corrected chi connectivity index (χ2v) is 5.47. The Morgan fingerprint density at radius 3 is 1.53 bits per heavy atom. The van der Waals surface area contributed by atoms with E-state index in [4.69, 9.17) is 46.4 Å². The van der Waals surface area contributed by atoms with Crippen molar-refractivity contribution in [1.82, 2.24) is 0 Å². The Hall–Kier alpha value is 0.280. The molecule has 100 valence electrons. The molecule has 0 aromatic heterocycles. The van der Waals surface area contributed by atoms with Crippen LogP contribution in [0.2, 0.25) is 0 Å². The summed E-state index contributed by atoms with van der Waals surface area (Å²) in [5.41, 5.74) is 0. The van der Waals surface area contributed by atoms with Gasteiger partial charge in [-0.1, -0.05) is 11.6 Å². The van der Waals surface area contributed by atoms with Crippen molar-refractivity contribution in [2.45, 2.75) is 21.7 Å². The number of halogens is 10. The highest BCUT2D eigenvalue weighted by atomic mass is 35.6. The van der Waals surface area contributed by atoms with Gasteiger partial charge in [-0.05, 0) is 34.8 Å². The standard InChI is InChI=1S/C6Cl4F6O/c7-1-2(17-6(8,9)10)4(13,14)5(15,16)3(1,11)12. The van der Waals surface area contributed by atoms with Gasteiger partial charge in [0.2, 0.25) is 0 Å². The van der Waals surface area contributed by atoms with Gasteiger partial charge < -0.3 is 4.74 Å². The number of allylic oxidation sites excluding steroid dienone is 2. The number of alkyl halides is 9. The van der Waals surface area contributed by atoms with E-state index in [-0.39, 0.29) is 0 Å². The third kappa shape index (κ3) is 2.15. The summed E-state index contributed by atoms with van der Waals surface area (Å²) in [6, 6.07) is 0. The van der Waals surface area contributed by atoms with Gasteiger partial charge in [-0.25, -0.2) is 0 Å². The average Bonchev–Trinajstić information content (AvgIpc) is 2.16. The molecule has 0 heterocycles. The maximum absolute atomic E-state index is 13.0. The van der Waals surface area contributed by atoms with E-state index >= 15 is 0 Å². The molecule has 1 aliphatic carbocycles. The summed E-state index contributed by atoms with van der Waals surface area (Å²) in [5.74, 6) is -18.8. The molecule has 0 N–H and O–H groups in total. The Morgan fingerprint density at radius 2 is 1.29 bits per heavy atom. The second kappa shape index (κ2) is 3.88. The van der Waals surface area contributed by atoms with Crippen LogP contribution in [-0.4, -0.2) is 21.7 Å². The van der Waals surface area contributed by atoms with Crippen LogP contribution < -0.4 is 0 Å². The van der Waals surface area contributed by atoms with Gasteiger partial charge in [-0.3, -0.25) is 0 Å². The minimum absolute atomic E-state index is 2.21. The highest BCUT2D eigenvalue weighted by Gasteiger charge is 2.82. The average molecular weight is 344 g/mol. The first-order valence-corrected chi connectivity index (χ1v) is 5.06. The molecule has 0 fully saturated rings. The zero-order valence-electron chi connectivity index (χ0n) is 7.19. The topological polar surface area (TPSA) is 9.23 Å². The minimum Gasteiger partial charge on any atom is -0.442 e. The summed E-state index contributed by atoms with van der Waals surface area (Å²) < 4.78 is 77.9. The van der Waals surface area contributed by atoms with Gasteiger partial charge >= 0.3 is 21.7 Å². The number of hydrogen-bond acceptors (Lipinski definition) is 1. The molecule has 0 saturated heterocycles. The fraction of sp³-hybridized carbons (Fsp3) is 0.667. The third-order valence-electron chi connectivity index (χ3n) is 1.77. The molecular formula is C6Cl4F6O. The molecule has 11 heteroatoms. The summed E-state index contributed by atoms with van der Waals surface area (Å²) in [7, 11) is 0. The fourth-order valence-electron chi connectivity index (χ4n) is 0.983. The Morgan fingerprint density at radius 1 is 0.882 bits per heavy atom. The van der Waals surface area contributed by atoms with E-state index in [0.717, 1.165) is 0 Å². The van der Waals surface area contributed by atoms with Crippen LogP contribution in [0.5, 0.6) is 0 Å². The predicted molar refractivity (Wildman–Crippen MR) is 49.1 cm³/mol. The molecule has 0 atom stereocenters. The van der Waals surface area contributed by atoms with E-state index in [1.54, 1.807) is 0 Å². The molecule has 0 spiro atoms. The second-order valence-electron chi connectivity index (χ2n) is 2.91. The number of rotatable bonds is 1. The van der Waals surface area contributed by atoms with Crippen LogP contribution in [0.1, 0.15) is 0 Å². The van der Waals surface area contributed by atoms with Crippen LogP contribution in [0.25, 0.3) is 0 Å². The van der Waals surface area contributed by atoms with Crippen molar-refractivity contribution < 1.29 is 31.1 Å². The first-order chi connectivity index (χ1) is 7.25. The van der Waals surface area contributed by atoms with Crippen molar-refractivity contribution in [2.75, 3.05) is 0 Å². The zero-order valence-corrected chi connectivity index (χ0v) is 10.2. The van der Waals surface area contributed by atoms with Gasteiger partial charge in [0.15, 0.2) is 5.76 Å². The van der Waals surface area contributed by atoms with E-state index < -0.39 is 32.5 Å². The van der Waals surface area contributed by atoms with E-state index in [9.17, 15) is 26.3 Å². The van der Waals surface area contributed by atoms with Gasteiger partial charge in [0.25, 0.3) is 0 Å². The smallest absolute Gasteiger partial charge is 0.384 e. The van der Waals surface area contributed by atoms with E-state index in [1.807, 2.05) is 0 Å². The van der Waals surface area contributed by atoms with Crippen molar-refractivity contribution in [3.8, 4) is 0 Å². The Labute approximate surface area is 110 Å². The largest absolute Gasteiger partial charge is 0.442 e. The lowest BCUT2D eigenvalue weighted by molar-refractivity contribution is -0.270. The first-order valence-electron chi connectivity index (χ1n) is 3.55. The molecule has 0 aliphatic heterocycles. The van der Waals surface area contributed by atoms with Gasteiger partial charge in [-0.15, -0.1) is 0 Å². The first kappa shape index (κ1) is 15.3. The van der Waals surface area contributed by atoms with Gasteiger partial charge in [0, 0.05) is 0 Å². The lowest BCUT2D eigenvalue weighted by Gasteiger charge is -2.25. The van der Waals surface area contributed by atoms with Crippen molar-refractivity contribution in [1.29, 1.82) is 0 Å². The lowest BCUT2D eigenvalue weighted by atomic mass is 10.2. The van der Waals surface area contributed by atoms with E-state index in [0.29, 0.717) is 0 Å². The molecule has 0 bridgehead atoms. The van der Waals surface area contributed by atoms with Crippen LogP contribution in [0, 0.1) is 0 Å². The van der Waals surface area contributed by atoms with Crippen LogP contribution >= 0.6 is 46.4 Å². The minimum atomic E-state index is -5.78. The van der Waals surface area contributed by atoms with Crippen molar-refractivity contribution >= 4 is 46.4 Å². The van der Waals surface area contributed by atoms with Crippen LogP contribution in [0.3, 0.4) is 0 Å². The molecule has 17 heavy (non-hydrogen) atoms. The maximum Gasteiger partial charge on any atom is 0.384 e. The van der Waals surface area contributed by atoms with Gasteiger partial charge in [0.1, 0.15) is 5.03 Å². The summed E-state index contributed by atoms with van der Waals surface area (Å²) in [4.78, 5) is 0. The summed E-state index contributed by atoms with van der Waals surface area (Å²) in [6.45, 7) is 0. The third-order valence-corrected chi connectivity index (χ3v) is 2.41. The van der Waals surface area contributed by atoms with Crippen LogP contribution in [0.15, 0.2) is 10.8 Å². The van der Waals surface area contributed by atoms with E-state index in [2.05, 4.69) is 4.74 Å². The molecule has 0 aromatic rings. The van der Waals surface area contributed by atoms with Crippen molar-refractivity contribution in [3.63, 3.8) is 0 Å². The Bertz CT molecular complexity index is 373. The molecule has 1 rings (SSSR count). The SMILES string of the molecule is FC1(F)C(Cl)=C(OC(Cl)(Cl)Cl)C(F)(F)C1(F)F. The monoisotopic (exact) mass is 342 g/mol. The quantitative estimate of drug-likeness (QED) is 0.495. The Balaban J connectivity index is 3.33.